The first-order valence-corrected chi connectivity index (χ1v) is 21.2. The number of fused-ring (bicyclic) bond motifs is 8. The average Bonchev–Trinajstić information content (AvgIpc) is 3.64. The Bertz CT molecular complexity index is 2380. The Kier molecular flexibility index (Phi) is 11.1. The number of carbonyl (C=O) groups is 5. The van der Waals surface area contributed by atoms with Gasteiger partial charge in [-0.3, -0.25) is 33.9 Å². The maximum Gasteiger partial charge on any atom is 0.306 e. The zero-order valence-corrected chi connectivity index (χ0v) is 35.9. The molecule has 328 valence electrons. The number of hydrogen-bond donors (Lipinski definition) is 2. The van der Waals surface area contributed by atoms with Crippen molar-refractivity contribution >= 4 is 45.9 Å². The molecule has 4 aliphatic carbocycles. The molecule has 0 radical (unpaired) electrons. The first-order valence-electron chi connectivity index (χ1n) is 21.2. The van der Waals surface area contributed by atoms with E-state index in [1.54, 1.807) is 68.4 Å². The highest BCUT2D eigenvalue weighted by Gasteiger charge is 2.80. The molecular weight excluding hydrogens is 798 g/mol. The fraction of sp³-hybridized carbons (Fsp3) is 0.500. The summed E-state index contributed by atoms with van der Waals surface area (Å²) in [6, 6.07) is 14.0. The van der Waals surface area contributed by atoms with Gasteiger partial charge in [0.1, 0.15) is 12.6 Å². The largest absolute Gasteiger partial charge is 0.461 e. The van der Waals surface area contributed by atoms with Crippen LogP contribution in [0, 0.1) is 22.7 Å². The summed E-state index contributed by atoms with van der Waals surface area (Å²) >= 11 is 0. The number of hydrogen-bond acceptors (Lipinski definition) is 12. The summed E-state index contributed by atoms with van der Waals surface area (Å²) in [5.74, 6) is -4.69. The lowest BCUT2D eigenvalue weighted by molar-refractivity contribution is -0.246. The highest BCUT2D eigenvalue weighted by atomic mass is 19.1. The third kappa shape index (κ3) is 7.18. The number of benzene rings is 2. The van der Waals surface area contributed by atoms with Gasteiger partial charge in [-0.05, 0) is 113 Å². The van der Waals surface area contributed by atoms with E-state index in [-0.39, 0.29) is 37.6 Å². The van der Waals surface area contributed by atoms with Crippen LogP contribution in [0.15, 0.2) is 84.7 Å². The summed E-state index contributed by atoms with van der Waals surface area (Å²) < 4.78 is 41.5. The maximum atomic E-state index is 17.7. The number of likely N-dealkylation sites (N-methyl/N-ethyl adjacent to an activating group) is 1. The predicted octanol–water partition coefficient (Wildman–Crippen LogP) is 6.28. The van der Waals surface area contributed by atoms with Gasteiger partial charge >= 0.3 is 11.9 Å². The summed E-state index contributed by atoms with van der Waals surface area (Å²) in [5.41, 5.74) is -3.30. The van der Waals surface area contributed by atoms with E-state index in [9.17, 15) is 29.1 Å². The molecule has 9 atom stereocenters. The van der Waals surface area contributed by atoms with Gasteiger partial charge in [0.15, 0.2) is 29.4 Å². The number of aliphatic hydroxyl groups excluding tert-OH is 1. The highest BCUT2D eigenvalue weighted by molar-refractivity contribution is 6.01. The van der Waals surface area contributed by atoms with Crippen LogP contribution in [0.2, 0.25) is 0 Å². The molecular formula is C48H54FN3O10. The second-order valence-corrected chi connectivity index (χ2v) is 18.6. The van der Waals surface area contributed by atoms with Crippen LogP contribution >= 0.6 is 0 Å². The van der Waals surface area contributed by atoms with Crippen LogP contribution in [-0.4, -0.2) is 94.4 Å². The van der Waals surface area contributed by atoms with Crippen LogP contribution in [0.1, 0.15) is 83.4 Å². The molecule has 8 rings (SSSR count). The molecule has 1 amide bonds. The summed E-state index contributed by atoms with van der Waals surface area (Å²) in [5, 5.41) is 16.7. The van der Waals surface area contributed by atoms with E-state index in [4.69, 9.17) is 18.9 Å². The molecule has 2 heterocycles. The minimum atomic E-state index is -2.10. The van der Waals surface area contributed by atoms with Crippen LogP contribution in [0.4, 0.5) is 10.1 Å². The van der Waals surface area contributed by atoms with E-state index in [1.165, 1.54) is 12.2 Å². The Morgan fingerprint density at radius 3 is 2.44 bits per heavy atom. The molecule has 0 bridgehead atoms. The number of nitrogens with zero attached hydrogens (tertiary/aromatic N) is 2. The maximum absolute atomic E-state index is 17.7. The minimum absolute atomic E-state index is 0.0631. The molecule has 4 fully saturated rings. The number of halogens is 1. The summed E-state index contributed by atoms with van der Waals surface area (Å²) in [4.78, 5) is 71.7. The number of ketones is 2. The first kappa shape index (κ1) is 43.5. The smallest absolute Gasteiger partial charge is 0.306 e. The minimum Gasteiger partial charge on any atom is -0.461 e. The summed E-state index contributed by atoms with van der Waals surface area (Å²) in [6.45, 7) is 6.23. The van der Waals surface area contributed by atoms with Gasteiger partial charge in [-0.15, -0.1) is 0 Å². The number of Topliss-reactive ketones (excluding diaryl/α,β-unsaturated/α-hetero) is 1. The number of anilines is 1. The molecule has 3 aromatic rings. The number of rotatable bonds is 12. The average molecular weight is 852 g/mol. The molecule has 2 N–H and O–H groups in total. The lowest BCUT2D eigenvalue weighted by Gasteiger charge is -2.62. The lowest BCUT2D eigenvalue weighted by atomic mass is 9.44. The molecule has 13 nitrogen and oxygen atoms in total. The summed E-state index contributed by atoms with van der Waals surface area (Å²) in [7, 11) is 3.63. The Balaban J connectivity index is 0.857. The standard InChI is InChI=1S/C48H54FN3O10/c1-44(2)61-39-23-36-35-14-12-32-22-34(53)17-19-45(32,3)47(35,49)37(54)24-46(36,4)48(39,62-44)38(55)27-60-41(57)16-15-40(56)59-26-28-7-9-29(10-8-28)42(52(5)6)43(58)51-33-13-11-31-25-50-20-18-30(31)21-33/h7-11,13,17-22,25,35-37,39,42,54H,12,14-16,23-24,26-27H2,1-6H3,(H,51,58)/t35?,36-,37-,39+,42?,45-,46-,47-,48+/m0/s1. The third-order valence-electron chi connectivity index (χ3n) is 14.3. The van der Waals surface area contributed by atoms with E-state index in [2.05, 4.69) is 10.3 Å². The molecule has 3 saturated carbocycles. The quantitative estimate of drug-likeness (QED) is 0.196. The van der Waals surface area contributed by atoms with Crippen LogP contribution in [-0.2, 0) is 49.5 Å². The van der Waals surface area contributed by atoms with Gasteiger partial charge in [-0.1, -0.05) is 48.9 Å². The Morgan fingerprint density at radius 2 is 1.71 bits per heavy atom. The first-order chi connectivity index (χ1) is 29.3. The molecule has 5 aliphatic rings. The van der Waals surface area contributed by atoms with E-state index < -0.39 is 82.3 Å². The Morgan fingerprint density at radius 1 is 0.984 bits per heavy atom. The van der Waals surface area contributed by atoms with Crippen molar-refractivity contribution in [3.05, 3.63) is 95.9 Å². The van der Waals surface area contributed by atoms with Gasteiger partial charge in [0, 0.05) is 40.2 Å². The molecule has 62 heavy (non-hydrogen) atoms. The molecule has 2 unspecified atom stereocenters. The fourth-order valence-electron chi connectivity index (χ4n) is 11.4. The molecule has 1 saturated heterocycles. The van der Waals surface area contributed by atoms with Crippen LogP contribution in [0.25, 0.3) is 10.8 Å². The van der Waals surface area contributed by atoms with Gasteiger partial charge in [-0.25, -0.2) is 4.39 Å². The van der Waals surface area contributed by atoms with Crippen molar-refractivity contribution in [1.82, 2.24) is 9.88 Å². The number of amides is 1. The normalized spacial score (nSPS) is 32.2. The van der Waals surface area contributed by atoms with Crippen molar-refractivity contribution in [3.63, 3.8) is 0 Å². The molecule has 14 heteroatoms. The highest BCUT2D eigenvalue weighted by Crippen LogP contribution is 2.72. The number of pyridine rings is 1. The number of carbonyl (C=O) groups excluding carboxylic acids is 5. The lowest BCUT2D eigenvalue weighted by Crippen LogP contribution is -2.70. The summed E-state index contributed by atoms with van der Waals surface area (Å²) in [6.07, 6.45) is 5.99. The number of alkyl halides is 1. The predicted molar refractivity (Wildman–Crippen MR) is 225 cm³/mol. The van der Waals surface area contributed by atoms with E-state index >= 15 is 4.39 Å². The van der Waals surface area contributed by atoms with E-state index in [0.29, 0.717) is 36.1 Å². The van der Waals surface area contributed by atoms with Gasteiger partial charge in [0.25, 0.3) is 0 Å². The van der Waals surface area contributed by atoms with Gasteiger partial charge < -0.3 is 29.4 Å². The number of allylic oxidation sites excluding steroid dienone is 4. The van der Waals surface area contributed by atoms with Crippen molar-refractivity contribution in [2.75, 3.05) is 26.0 Å². The molecule has 2 aromatic carbocycles. The van der Waals surface area contributed by atoms with Crippen molar-refractivity contribution in [1.29, 1.82) is 0 Å². The van der Waals surface area contributed by atoms with Gasteiger partial charge in [-0.2, -0.15) is 0 Å². The SMILES string of the molecule is CN(C)C(C(=O)Nc1ccc2cnccc2c1)c1ccc(COC(=O)CCC(=O)OCC(=O)[C@@]23OC(C)(C)O[C@@H]2C[C@H]2C4CCC5=CC(=O)C=C[C@]5(C)[C@@]4(F)[C@@H](O)C[C@@]23C)cc1. The fourth-order valence-corrected chi connectivity index (χ4v) is 11.4. The van der Waals surface area contributed by atoms with Crippen LogP contribution in [0.3, 0.4) is 0 Å². The monoisotopic (exact) mass is 851 g/mol. The zero-order valence-electron chi connectivity index (χ0n) is 35.9. The molecule has 1 aromatic heterocycles. The van der Waals surface area contributed by atoms with Gasteiger partial charge in [0.05, 0.1) is 25.0 Å². The number of esters is 2. The van der Waals surface area contributed by atoms with Crippen LogP contribution in [0.5, 0.6) is 0 Å². The van der Waals surface area contributed by atoms with Crippen molar-refractivity contribution < 1.29 is 52.4 Å². The third-order valence-corrected chi connectivity index (χ3v) is 14.3. The van der Waals surface area contributed by atoms with E-state index in [0.717, 1.165) is 16.3 Å². The second kappa shape index (κ2) is 15.9. The number of nitrogens with one attached hydrogen (secondary N) is 1. The molecule has 0 spiro atoms. The topological polar surface area (TPSA) is 171 Å². The zero-order chi connectivity index (χ0) is 44.4. The number of aliphatic hydroxyl groups is 1. The van der Waals surface area contributed by atoms with E-state index in [1.807, 2.05) is 45.3 Å². The molecule has 1 aliphatic heterocycles. The van der Waals surface area contributed by atoms with Crippen LogP contribution < -0.4 is 5.32 Å². The Hall–Kier alpha value is -5.15. The number of aromatic nitrogens is 1. The Labute approximate surface area is 360 Å². The second-order valence-electron chi connectivity index (χ2n) is 18.6. The number of ether oxygens (including phenoxy) is 4. The van der Waals surface area contributed by atoms with Crippen molar-refractivity contribution in [2.24, 2.45) is 22.7 Å². The van der Waals surface area contributed by atoms with Crippen molar-refractivity contribution in [2.45, 2.75) is 108 Å². The van der Waals surface area contributed by atoms with Gasteiger partial charge in [0.2, 0.25) is 11.7 Å². The van der Waals surface area contributed by atoms with Crippen molar-refractivity contribution in [3.8, 4) is 0 Å².